The summed E-state index contributed by atoms with van der Waals surface area (Å²) in [5.74, 6) is -0.351. The van der Waals surface area contributed by atoms with Crippen LogP contribution in [0.25, 0.3) is 0 Å². The molecule has 8 heteroatoms. The molecule has 0 aliphatic carbocycles. The number of carbonyl (C=O) groups is 2. The zero-order chi connectivity index (χ0) is 17.4. The van der Waals surface area contributed by atoms with E-state index >= 15 is 0 Å². The van der Waals surface area contributed by atoms with Crippen LogP contribution in [0.15, 0.2) is 34.6 Å². The van der Waals surface area contributed by atoms with Gasteiger partial charge in [0.2, 0.25) is 0 Å². The molecule has 0 radical (unpaired) electrons. The monoisotopic (exact) mass is 334 g/mol. The highest BCUT2D eigenvalue weighted by atomic mass is 16.6. The number of carbonyl (C=O) groups excluding carboxylic acids is 2. The highest BCUT2D eigenvalue weighted by Crippen LogP contribution is 2.15. The SMILES string of the molecule is CCOC(=O)c1ccc(N=NN2CCN(C(=O)OCC)CC2)cc1. The molecule has 1 heterocycles. The molecule has 0 aromatic heterocycles. The largest absolute Gasteiger partial charge is 0.462 e. The summed E-state index contributed by atoms with van der Waals surface area (Å²) >= 11 is 0. The Balaban J connectivity index is 1.84. The number of ether oxygens (including phenoxy) is 2. The molecule has 1 amide bonds. The Morgan fingerprint density at radius 3 is 2.21 bits per heavy atom. The molecule has 1 aliphatic rings. The minimum Gasteiger partial charge on any atom is -0.462 e. The van der Waals surface area contributed by atoms with Gasteiger partial charge in [-0.3, -0.25) is 5.01 Å². The molecule has 0 unspecified atom stereocenters. The smallest absolute Gasteiger partial charge is 0.409 e. The highest BCUT2D eigenvalue weighted by Gasteiger charge is 2.21. The Kier molecular flexibility index (Phi) is 6.53. The van der Waals surface area contributed by atoms with Gasteiger partial charge in [-0.15, -0.1) is 5.11 Å². The van der Waals surface area contributed by atoms with Gasteiger partial charge in [0.05, 0.1) is 37.6 Å². The summed E-state index contributed by atoms with van der Waals surface area (Å²) in [5.41, 5.74) is 1.13. The lowest BCUT2D eigenvalue weighted by Crippen LogP contribution is -2.46. The number of rotatable bonds is 5. The molecule has 1 aliphatic heterocycles. The molecule has 1 saturated heterocycles. The summed E-state index contributed by atoms with van der Waals surface area (Å²) in [6, 6.07) is 6.74. The van der Waals surface area contributed by atoms with Crippen molar-refractivity contribution in [3.63, 3.8) is 0 Å². The Morgan fingerprint density at radius 1 is 1.00 bits per heavy atom. The molecule has 0 N–H and O–H groups in total. The Bertz CT molecular complexity index is 580. The van der Waals surface area contributed by atoms with Crippen LogP contribution in [-0.2, 0) is 9.47 Å². The Morgan fingerprint density at radius 2 is 1.62 bits per heavy atom. The van der Waals surface area contributed by atoms with E-state index in [9.17, 15) is 9.59 Å². The van der Waals surface area contributed by atoms with Crippen LogP contribution < -0.4 is 0 Å². The van der Waals surface area contributed by atoms with Gasteiger partial charge in [0.15, 0.2) is 0 Å². The number of hydrogen-bond donors (Lipinski definition) is 0. The minimum atomic E-state index is -0.351. The molecule has 0 atom stereocenters. The average Bonchev–Trinajstić information content (AvgIpc) is 2.61. The molecule has 0 saturated carbocycles. The fourth-order valence-electron chi connectivity index (χ4n) is 2.18. The molecule has 130 valence electrons. The minimum absolute atomic E-state index is 0.288. The number of nitrogens with zero attached hydrogens (tertiary/aromatic N) is 4. The summed E-state index contributed by atoms with van der Waals surface area (Å²) in [7, 11) is 0. The third-order valence-electron chi connectivity index (χ3n) is 3.45. The van der Waals surface area contributed by atoms with Crippen molar-refractivity contribution >= 4 is 17.7 Å². The van der Waals surface area contributed by atoms with E-state index in [1.165, 1.54) is 0 Å². The van der Waals surface area contributed by atoms with Gasteiger partial charge in [-0.2, -0.15) is 0 Å². The zero-order valence-corrected chi connectivity index (χ0v) is 14.0. The number of piperazine rings is 1. The van der Waals surface area contributed by atoms with Crippen molar-refractivity contribution < 1.29 is 19.1 Å². The second-order valence-electron chi connectivity index (χ2n) is 5.10. The number of esters is 1. The van der Waals surface area contributed by atoms with Gasteiger partial charge < -0.3 is 14.4 Å². The van der Waals surface area contributed by atoms with Crippen molar-refractivity contribution in [2.75, 3.05) is 39.4 Å². The molecule has 1 aromatic carbocycles. The molecule has 24 heavy (non-hydrogen) atoms. The quantitative estimate of drug-likeness (QED) is 0.610. The fraction of sp³-hybridized carbons (Fsp3) is 0.500. The van der Waals surface area contributed by atoms with E-state index in [0.29, 0.717) is 50.6 Å². The van der Waals surface area contributed by atoms with Crippen molar-refractivity contribution in [1.29, 1.82) is 0 Å². The second kappa shape index (κ2) is 8.85. The lowest BCUT2D eigenvalue weighted by atomic mass is 10.2. The second-order valence-corrected chi connectivity index (χ2v) is 5.10. The predicted octanol–water partition coefficient (Wildman–Crippen LogP) is 2.64. The average molecular weight is 334 g/mol. The normalized spacial score (nSPS) is 14.8. The first-order chi connectivity index (χ1) is 11.6. The molecule has 8 nitrogen and oxygen atoms in total. The summed E-state index contributed by atoms with van der Waals surface area (Å²) < 4.78 is 9.90. The van der Waals surface area contributed by atoms with Gasteiger partial charge >= 0.3 is 12.1 Å². The van der Waals surface area contributed by atoms with Gasteiger partial charge in [-0.05, 0) is 38.1 Å². The van der Waals surface area contributed by atoms with Gasteiger partial charge in [0, 0.05) is 13.1 Å². The van der Waals surface area contributed by atoms with E-state index in [0.717, 1.165) is 0 Å². The molecular weight excluding hydrogens is 312 g/mol. The van der Waals surface area contributed by atoms with Gasteiger partial charge in [0.1, 0.15) is 0 Å². The van der Waals surface area contributed by atoms with Crippen LogP contribution in [0.5, 0.6) is 0 Å². The summed E-state index contributed by atoms with van der Waals surface area (Å²) in [5, 5.41) is 10.1. The van der Waals surface area contributed by atoms with Crippen LogP contribution in [-0.4, -0.2) is 61.4 Å². The van der Waals surface area contributed by atoms with Gasteiger partial charge in [0.25, 0.3) is 0 Å². The van der Waals surface area contributed by atoms with Gasteiger partial charge in [-0.1, -0.05) is 5.22 Å². The number of hydrogen-bond acceptors (Lipinski definition) is 6. The third-order valence-corrected chi connectivity index (χ3v) is 3.45. The van der Waals surface area contributed by atoms with Crippen LogP contribution >= 0.6 is 0 Å². The molecule has 1 aromatic rings. The lowest BCUT2D eigenvalue weighted by Gasteiger charge is -2.31. The van der Waals surface area contributed by atoms with Crippen LogP contribution in [0.4, 0.5) is 10.5 Å². The van der Waals surface area contributed by atoms with Crippen molar-refractivity contribution in [1.82, 2.24) is 9.91 Å². The summed E-state index contributed by atoms with van der Waals surface area (Å²) in [6.45, 7) is 6.59. The first-order valence-electron chi connectivity index (χ1n) is 7.99. The van der Waals surface area contributed by atoms with Crippen molar-refractivity contribution in [2.45, 2.75) is 13.8 Å². The first kappa shape index (κ1) is 17.7. The maximum atomic E-state index is 11.6. The topological polar surface area (TPSA) is 83.8 Å². The molecule has 0 spiro atoms. The Hall–Kier alpha value is -2.64. The molecule has 0 bridgehead atoms. The Labute approximate surface area is 141 Å². The van der Waals surface area contributed by atoms with E-state index in [4.69, 9.17) is 9.47 Å². The number of amides is 1. The summed E-state index contributed by atoms with van der Waals surface area (Å²) in [4.78, 5) is 24.8. The lowest BCUT2D eigenvalue weighted by molar-refractivity contribution is 0.0526. The van der Waals surface area contributed by atoms with E-state index in [1.807, 2.05) is 0 Å². The van der Waals surface area contributed by atoms with E-state index in [2.05, 4.69) is 10.3 Å². The number of benzene rings is 1. The van der Waals surface area contributed by atoms with Crippen molar-refractivity contribution in [2.24, 2.45) is 10.3 Å². The van der Waals surface area contributed by atoms with Crippen LogP contribution in [0.2, 0.25) is 0 Å². The molecule has 1 fully saturated rings. The van der Waals surface area contributed by atoms with E-state index < -0.39 is 0 Å². The van der Waals surface area contributed by atoms with Gasteiger partial charge in [-0.25, -0.2) is 9.59 Å². The maximum absolute atomic E-state index is 11.6. The molecule has 2 rings (SSSR count). The predicted molar refractivity (Wildman–Crippen MR) is 87.1 cm³/mol. The third kappa shape index (κ3) is 4.94. The van der Waals surface area contributed by atoms with Crippen LogP contribution in [0.1, 0.15) is 24.2 Å². The van der Waals surface area contributed by atoms with E-state index in [-0.39, 0.29) is 12.1 Å². The summed E-state index contributed by atoms with van der Waals surface area (Å²) in [6.07, 6.45) is -0.288. The van der Waals surface area contributed by atoms with Crippen molar-refractivity contribution in [3.05, 3.63) is 29.8 Å². The van der Waals surface area contributed by atoms with Crippen LogP contribution in [0.3, 0.4) is 0 Å². The standard InChI is InChI=1S/C16H22N4O4/c1-3-23-15(21)13-5-7-14(8-6-13)17-18-20-11-9-19(10-12-20)16(22)24-4-2/h5-8H,3-4,9-12H2,1-2H3. The van der Waals surface area contributed by atoms with E-state index in [1.54, 1.807) is 48.0 Å². The fourth-order valence-corrected chi connectivity index (χ4v) is 2.18. The highest BCUT2D eigenvalue weighted by molar-refractivity contribution is 5.89. The van der Waals surface area contributed by atoms with Crippen LogP contribution in [0, 0.1) is 0 Å². The zero-order valence-electron chi connectivity index (χ0n) is 14.0. The van der Waals surface area contributed by atoms with Crippen molar-refractivity contribution in [3.8, 4) is 0 Å². The molecular formula is C16H22N4O4. The first-order valence-corrected chi connectivity index (χ1v) is 7.99. The maximum Gasteiger partial charge on any atom is 0.409 e.